The fourth-order valence-electron chi connectivity index (χ4n) is 1.46. The quantitative estimate of drug-likeness (QED) is 0.782. The number of benzene rings is 1. The van der Waals surface area contributed by atoms with Gasteiger partial charge in [0.05, 0.1) is 5.56 Å². The molecule has 0 heterocycles. The Balaban J connectivity index is 2.79. The van der Waals surface area contributed by atoms with Gasteiger partial charge in [0.1, 0.15) is 11.6 Å². The van der Waals surface area contributed by atoms with Gasteiger partial charge in [-0.1, -0.05) is 6.92 Å². The normalized spacial score (nSPS) is 12.4. The molecule has 5 heteroatoms. The second-order valence-electron chi connectivity index (χ2n) is 4.32. The van der Waals surface area contributed by atoms with Crippen molar-refractivity contribution in [2.45, 2.75) is 19.6 Å². The summed E-state index contributed by atoms with van der Waals surface area (Å²) in [7, 11) is 0. The van der Waals surface area contributed by atoms with Gasteiger partial charge in [-0.2, -0.15) is 11.8 Å². The number of phenols is 1. The van der Waals surface area contributed by atoms with E-state index in [1.54, 1.807) is 0 Å². The van der Waals surface area contributed by atoms with Gasteiger partial charge in [-0.15, -0.1) is 0 Å². The van der Waals surface area contributed by atoms with Gasteiger partial charge in [-0.25, -0.2) is 4.39 Å². The Kier molecular flexibility index (Phi) is 5.62. The Hall–Kier alpha value is -1.07. The molecule has 100 valence electrons. The van der Waals surface area contributed by atoms with Gasteiger partial charge in [0.15, 0.2) is 5.78 Å². The summed E-state index contributed by atoms with van der Waals surface area (Å²) < 4.78 is 13.3. The topological polar surface area (TPSA) is 57.5 Å². The zero-order valence-corrected chi connectivity index (χ0v) is 11.3. The summed E-state index contributed by atoms with van der Waals surface area (Å²) in [6, 6.07) is 2.28. The number of Topliss-reactive ketones (excluding diaryl/α,β-unsaturated/α-hetero) is 1. The first-order valence-corrected chi connectivity index (χ1v) is 6.82. The fraction of sp³-hybridized carbons (Fsp3) is 0.462. The lowest BCUT2D eigenvalue weighted by atomic mass is 10.1. The first-order chi connectivity index (χ1) is 8.45. The molecule has 0 amide bonds. The number of rotatable bonds is 6. The minimum atomic E-state index is -0.524. The summed E-state index contributed by atoms with van der Waals surface area (Å²) in [5, 5.41) is 18.7. The lowest BCUT2D eigenvalue weighted by Gasteiger charge is -2.10. The molecule has 2 N–H and O–H groups in total. The van der Waals surface area contributed by atoms with E-state index in [9.17, 15) is 14.3 Å². The average molecular weight is 272 g/mol. The van der Waals surface area contributed by atoms with E-state index in [0.717, 1.165) is 6.07 Å². The van der Waals surface area contributed by atoms with Crippen LogP contribution < -0.4 is 0 Å². The maximum Gasteiger partial charge on any atom is 0.163 e. The molecule has 1 aromatic carbocycles. The Labute approximate surface area is 110 Å². The molecule has 1 rings (SSSR count). The van der Waals surface area contributed by atoms with Gasteiger partial charge in [-0.3, -0.25) is 4.79 Å². The highest BCUT2D eigenvalue weighted by Crippen LogP contribution is 2.28. The van der Waals surface area contributed by atoms with Crippen LogP contribution in [-0.4, -0.2) is 28.4 Å². The van der Waals surface area contributed by atoms with Crippen molar-refractivity contribution in [1.29, 1.82) is 0 Å². The van der Waals surface area contributed by atoms with E-state index in [-0.39, 0.29) is 29.6 Å². The van der Waals surface area contributed by atoms with Crippen molar-refractivity contribution in [2.75, 3.05) is 12.4 Å². The minimum absolute atomic E-state index is 0.0146. The maximum absolute atomic E-state index is 13.3. The summed E-state index contributed by atoms with van der Waals surface area (Å²) in [5.41, 5.74) is 0.427. The molecular weight excluding hydrogens is 255 g/mol. The number of thioether (sulfide) groups is 1. The summed E-state index contributed by atoms with van der Waals surface area (Å²) in [6.45, 7) is 3.29. The number of aliphatic hydroxyl groups excluding tert-OH is 1. The van der Waals surface area contributed by atoms with E-state index in [0.29, 0.717) is 17.1 Å². The minimum Gasteiger partial charge on any atom is -0.507 e. The SMILES string of the molecule is CC(=O)c1cc(F)cc(CSCC(C)CO)c1O. The van der Waals surface area contributed by atoms with Gasteiger partial charge in [0.25, 0.3) is 0 Å². The second-order valence-corrected chi connectivity index (χ2v) is 5.35. The van der Waals surface area contributed by atoms with E-state index in [1.807, 2.05) is 6.92 Å². The molecule has 0 saturated carbocycles. The molecule has 0 saturated heterocycles. The van der Waals surface area contributed by atoms with Gasteiger partial charge in [0.2, 0.25) is 0 Å². The average Bonchev–Trinajstić information content (AvgIpc) is 2.32. The number of carbonyl (C=O) groups excluding carboxylic acids is 1. The number of hydrogen-bond donors (Lipinski definition) is 2. The van der Waals surface area contributed by atoms with Crippen LogP contribution in [0.5, 0.6) is 5.75 Å². The highest BCUT2D eigenvalue weighted by Gasteiger charge is 2.13. The van der Waals surface area contributed by atoms with Crippen LogP contribution in [0.15, 0.2) is 12.1 Å². The van der Waals surface area contributed by atoms with Crippen molar-refractivity contribution in [2.24, 2.45) is 5.92 Å². The third-order valence-corrected chi connectivity index (χ3v) is 3.82. The molecule has 1 atom stereocenters. The van der Waals surface area contributed by atoms with Crippen LogP contribution in [0.3, 0.4) is 0 Å². The lowest BCUT2D eigenvalue weighted by molar-refractivity contribution is 0.101. The van der Waals surface area contributed by atoms with Gasteiger partial charge in [-0.05, 0) is 30.7 Å². The van der Waals surface area contributed by atoms with Crippen molar-refractivity contribution in [1.82, 2.24) is 0 Å². The van der Waals surface area contributed by atoms with Gasteiger partial charge >= 0.3 is 0 Å². The standard InChI is InChI=1S/C13H17FO3S/c1-8(5-15)6-18-7-10-3-11(14)4-12(9(2)16)13(10)17/h3-4,8,15,17H,5-7H2,1-2H3. The summed E-state index contributed by atoms with van der Waals surface area (Å²) >= 11 is 1.48. The molecule has 1 unspecified atom stereocenters. The van der Waals surface area contributed by atoms with Crippen LogP contribution >= 0.6 is 11.8 Å². The van der Waals surface area contributed by atoms with Crippen molar-refractivity contribution in [3.05, 3.63) is 29.1 Å². The first-order valence-electron chi connectivity index (χ1n) is 5.66. The fourth-order valence-corrected chi connectivity index (χ4v) is 2.52. The van der Waals surface area contributed by atoms with E-state index < -0.39 is 5.82 Å². The van der Waals surface area contributed by atoms with Crippen molar-refractivity contribution in [3.8, 4) is 5.75 Å². The van der Waals surface area contributed by atoms with Crippen molar-refractivity contribution in [3.63, 3.8) is 0 Å². The van der Waals surface area contributed by atoms with E-state index in [1.165, 1.54) is 24.8 Å². The second kappa shape index (κ2) is 6.75. The summed E-state index contributed by atoms with van der Waals surface area (Å²) in [6.07, 6.45) is 0. The van der Waals surface area contributed by atoms with Crippen LogP contribution in [0.4, 0.5) is 4.39 Å². The molecular formula is C13H17FO3S. The van der Waals surface area contributed by atoms with Crippen LogP contribution in [0.2, 0.25) is 0 Å². The Bertz CT molecular complexity index is 434. The smallest absolute Gasteiger partial charge is 0.163 e. The largest absolute Gasteiger partial charge is 0.507 e. The third kappa shape index (κ3) is 3.99. The molecule has 0 bridgehead atoms. The predicted molar refractivity (Wildman–Crippen MR) is 70.5 cm³/mol. The van der Waals surface area contributed by atoms with Crippen LogP contribution in [0.1, 0.15) is 29.8 Å². The number of aliphatic hydroxyl groups is 1. The summed E-state index contributed by atoms with van der Waals surface area (Å²) in [4.78, 5) is 11.2. The van der Waals surface area contributed by atoms with Crippen LogP contribution in [0, 0.1) is 11.7 Å². The van der Waals surface area contributed by atoms with Crippen LogP contribution in [-0.2, 0) is 5.75 Å². The lowest BCUT2D eigenvalue weighted by Crippen LogP contribution is -2.04. The Morgan fingerprint density at radius 2 is 2.17 bits per heavy atom. The Morgan fingerprint density at radius 1 is 1.50 bits per heavy atom. The molecule has 0 spiro atoms. The third-order valence-electron chi connectivity index (χ3n) is 2.50. The molecule has 1 aromatic rings. The van der Waals surface area contributed by atoms with Gasteiger partial charge < -0.3 is 10.2 Å². The number of carbonyl (C=O) groups is 1. The number of aromatic hydroxyl groups is 1. The number of halogens is 1. The molecule has 0 aromatic heterocycles. The van der Waals surface area contributed by atoms with Crippen molar-refractivity contribution < 1.29 is 19.4 Å². The molecule has 0 aliphatic heterocycles. The number of hydrogen-bond acceptors (Lipinski definition) is 4. The zero-order valence-electron chi connectivity index (χ0n) is 10.4. The highest BCUT2D eigenvalue weighted by atomic mass is 32.2. The molecule has 0 fully saturated rings. The predicted octanol–water partition coefficient (Wildman–Crippen LogP) is 2.60. The molecule has 3 nitrogen and oxygen atoms in total. The molecule has 18 heavy (non-hydrogen) atoms. The van der Waals surface area contributed by atoms with E-state index >= 15 is 0 Å². The molecule has 0 radical (unpaired) electrons. The number of ketones is 1. The number of phenolic OH excluding ortho intramolecular Hbond substituents is 1. The molecule has 0 aliphatic rings. The van der Waals surface area contributed by atoms with Crippen molar-refractivity contribution >= 4 is 17.5 Å². The van der Waals surface area contributed by atoms with E-state index in [2.05, 4.69) is 0 Å². The first kappa shape index (κ1) is 15.0. The highest BCUT2D eigenvalue weighted by molar-refractivity contribution is 7.98. The van der Waals surface area contributed by atoms with Gasteiger partial charge in [0, 0.05) is 17.9 Å². The maximum atomic E-state index is 13.3. The van der Waals surface area contributed by atoms with E-state index in [4.69, 9.17) is 5.11 Å². The Morgan fingerprint density at radius 3 is 2.72 bits per heavy atom. The van der Waals surface area contributed by atoms with Crippen LogP contribution in [0.25, 0.3) is 0 Å². The zero-order chi connectivity index (χ0) is 13.7. The summed E-state index contributed by atoms with van der Waals surface area (Å²) in [5.74, 6) is 0.243. The monoisotopic (exact) mass is 272 g/mol. The molecule has 0 aliphatic carbocycles.